The van der Waals surface area contributed by atoms with Gasteiger partial charge in [0.1, 0.15) is 11.8 Å². The number of ether oxygens (including phenoxy) is 1. The fraction of sp³-hybridized carbons (Fsp3) is 0.923. The van der Waals surface area contributed by atoms with Crippen molar-refractivity contribution in [2.75, 3.05) is 6.54 Å². The molecule has 1 aliphatic heterocycles. The minimum atomic E-state index is -0.643. The third-order valence-corrected chi connectivity index (χ3v) is 3.73. The minimum absolute atomic E-state index is 0.260. The van der Waals surface area contributed by atoms with Gasteiger partial charge in [0.25, 0.3) is 0 Å². The first-order valence-corrected chi connectivity index (χ1v) is 6.56. The van der Waals surface area contributed by atoms with Crippen molar-refractivity contribution >= 4 is 6.09 Å². The Morgan fingerprint density at radius 2 is 1.94 bits per heavy atom. The molecule has 1 heterocycles. The van der Waals surface area contributed by atoms with E-state index in [0.29, 0.717) is 12.5 Å². The molecule has 2 fully saturated rings. The number of amides is 1. The maximum absolute atomic E-state index is 12.0. The molecule has 4 heteroatoms. The number of hydrogen-bond donors (Lipinski definition) is 1. The summed E-state index contributed by atoms with van der Waals surface area (Å²) >= 11 is 0. The first-order valence-electron chi connectivity index (χ1n) is 6.56. The number of nitrogens with zero attached hydrogens (tertiary/aromatic N) is 1. The van der Waals surface area contributed by atoms with Crippen molar-refractivity contribution in [3.05, 3.63) is 0 Å². The van der Waals surface area contributed by atoms with Gasteiger partial charge >= 0.3 is 6.09 Å². The summed E-state index contributed by atoms with van der Waals surface area (Å²) in [5.74, 6) is 0.725. The van der Waals surface area contributed by atoms with Gasteiger partial charge in [-0.05, 0) is 39.5 Å². The van der Waals surface area contributed by atoms with Gasteiger partial charge in [0.15, 0.2) is 0 Å². The summed E-state index contributed by atoms with van der Waals surface area (Å²) in [5.41, 5.74) is -0.495. The van der Waals surface area contributed by atoms with Crippen LogP contribution in [-0.2, 0) is 4.74 Å². The fourth-order valence-electron chi connectivity index (χ4n) is 2.95. The quantitative estimate of drug-likeness (QED) is 0.708. The Labute approximate surface area is 103 Å². The first kappa shape index (κ1) is 12.7. The van der Waals surface area contributed by atoms with E-state index in [1.807, 2.05) is 20.8 Å². The summed E-state index contributed by atoms with van der Waals surface area (Å²) in [7, 11) is 0. The third kappa shape index (κ3) is 2.73. The van der Waals surface area contributed by atoms with Crippen molar-refractivity contribution in [2.45, 2.75) is 58.3 Å². The van der Waals surface area contributed by atoms with Crippen molar-refractivity contribution < 1.29 is 14.6 Å². The standard InChI is InChI=1S/C13H23NO3/c1-13(2,3)17-12(16)14-8-9-6-4-5-7-10(9)11(14)15/h9-11,15H,4-8H2,1-3H3/t9-,10-,11?/m0/s1. The second-order valence-electron chi connectivity index (χ2n) is 6.25. The molecule has 0 radical (unpaired) electrons. The predicted molar refractivity (Wildman–Crippen MR) is 64.4 cm³/mol. The molecule has 2 rings (SSSR count). The van der Waals surface area contributed by atoms with Crippen molar-refractivity contribution in [2.24, 2.45) is 11.8 Å². The van der Waals surface area contributed by atoms with E-state index in [1.165, 1.54) is 17.7 Å². The van der Waals surface area contributed by atoms with E-state index in [4.69, 9.17) is 4.74 Å². The molecule has 0 bridgehead atoms. The lowest BCUT2D eigenvalue weighted by atomic mass is 9.81. The molecule has 1 saturated heterocycles. The Kier molecular flexibility index (Phi) is 3.34. The first-order chi connectivity index (χ1) is 7.88. The van der Waals surface area contributed by atoms with Gasteiger partial charge in [-0.2, -0.15) is 0 Å². The second-order valence-corrected chi connectivity index (χ2v) is 6.25. The van der Waals surface area contributed by atoms with Crippen LogP contribution in [0.2, 0.25) is 0 Å². The highest BCUT2D eigenvalue weighted by molar-refractivity contribution is 5.68. The monoisotopic (exact) mass is 241 g/mol. The van der Waals surface area contributed by atoms with Gasteiger partial charge in [0.05, 0.1) is 0 Å². The number of likely N-dealkylation sites (tertiary alicyclic amines) is 1. The van der Waals surface area contributed by atoms with Crippen molar-refractivity contribution in [1.29, 1.82) is 0 Å². The molecule has 1 N–H and O–H groups in total. The van der Waals surface area contributed by atoms with Crippen LogP contribution in [0.3, 0.4) is 0 Å². The molecule has 3 atom stereocenters. The molecule has 0 aromatic heterocycles. The van der Waals surface area contributed by atoms with Crippen LogP contribution in [0.15, 0.2) is 0 Å². The average molecular weight is 241 g/mol. The third-order valence-electron chi connectivity index (χ3n) is 3.73. The van der Waals surface area contributed by atoms with Crippen LogP contribution in [-0.4, -0.2) is 34.5 Å². The number of fused-ring (bicyclic) bond motifs is 1. The van der Waals surface area contributed by atoms with Crippen molar-refractivity contribution in [1.82, 2.24) is 4.90 Å². The van der Waals surface area contributed by atoms with E-state index in [9.17, 15) is 9.90 Å². The molecule has 98 valence electrons. The highest BCUT2D eigenvalue weighted by Crippen LogP contribution is 2.39. The van der Waals surface area contributed by atoms with Crippen molar-refractivity contribution in [3.63, 3.8) is 0 Å². The fourth-order valence-corrected chi connectivity index (χ4v) is 2.95. The number of aliphatic hydroxyl groups excluding tert-OH is 1. The lowest BCUT2D eigenvalue weighted by Gasteiger charge is -2.28. The van der Waals surface area contributed by atoms with Crippen LogP contribution in [0.4, 0.5) is 4.79 Å². The Balaban J connectivity index is 2.00. The predicted octanol–water partition coefficient (Wildman–Crippen LogP) is 2.36. The number of rotatable bonds is 0. The van der Waals surface area contributed by atoms with Gasteiger partial charge < -0.3 is 9.84 Å². The molecule has 0 aromatic carbocycles. The number of aliphatic hydroxyl groups is 1. The van der Waals surface area contributed by atoms with Crippen LogP contribution in [0.25, 0.3) is 0 Å². The van der Waals surface area contributed by atoms with Gasteiger partial charge in [-0.15, -0.1) is 0 Å². The maximum atomic E-state index is 12.0. The van der Waals surface area contributed by atoms with E-state index >= 15 is 0 Å². The van der Waals surface area contributed by atoms with Gasteiger partial charge in [0, 0.05) is 12.5 Å². The minimum Gasteiger partial charge on any atom is -0.444 e. The summed E-state index contributed by atoms with van der Waals surface area (Å²) in [4.78, 5) is 13.5. The van der Waals surface area contributed by atoms with Crippen LogP contribution >= 0.6 is 0 Å². The summed E-state index contributed by atoms with van der Waals surface area (Å²) in [6, 6.07) is 0. The second kappa shape index (κ2) is 4.48. The van der Waals surface area contributed by atoms with Crippen LogP contribution in [0, 0.1) is 11.8 Å². The van der Waals surface area contributed by atoms with E-state index in [1.54, 1.807) is 0 Å². The molecular formula is C13H23NO3. The number of carbonyl (C=O) groups is 1. The molecule has 4 nitrogen and oxygen atoms in total. The Morgan fingerprint density at radius 3 is 2.53 bits per heavy atom. The molecule has 1 amide bonds. The highest BCUT2D eigenvalue weighted by Gasteiger charge is 2.44. The average Bonchev–Trinajstić information content (AvgIpc) is 2.55. The molecule has 2 aliphatic rings. The Hall–Kier alpha value is -0.770. The molecule has 0 spiro atoms. The topological polar surface area (TPSA) is 49.8 Å². The molecule has 17 heavy (non-hydrogen) atoms. The molecule has 1 aliphatic carbocycles. The van der Waals surface area contributed by atoms with Gasteiger partial charge in [0.2, 0.25) is 0 Å². The zero-order valence-electron chi connectivity index (χ0n) is 11.0. The van der Waals surface area contributed by atoms with Crippen LogP contribution in [0.1, 0.15) is 46.5 Å². The van der Waals surface area contributed by atoms with Gasteiger partial charge in [-0.25, -0.2) is 4.79 Å². The normalized spacial score (nSPS) is 33.4. The molecule has 1 saturated carbocycles. The highest BCUT2D eigenvalue weighted by atomic mass is 16.6. The lowest BCUT2D eigenvalue weighted by Crippen LogP contribution is -2.41. The summed E-state index contributed by atoms with van der Waals surface area (Å²) < 4.78 is 5.33. The Morgan fingerprint density at radius 1 is 1.29 bits per heavy atom. The zero-order chi connectivity index (χ0) is 12.6. The molecule has 0 aromatic rings. The summed E-state index contributed by atoms with van der Waals surface area (Å²) in [5, 5.41) is 10.2. The summed E-state index contributed by atoms with van der Waals surface area (Å²) in [6.45, 7) is 6.20. The largest absolute Gasteiger partial charge is 0.444 e. The Bertz CT molecular complexity index is 298. The molecular weight excluding hydrogens is 218 g/mol. The number of carbonyl (C=O) groups excluding carboxylic acids is 1. The van der Waals surface area contributed by atoms with E-state index in [0.717, 1.165) is 12.8 Å². The zero-order valence-corrected chi connectivity index (χ0v) is 11.0. The van der Waals surface area contributed by atoms with Crippen LogP contribution in [0.5, 0.6) is 0 Å². The smallest absolute Gasteiger partial charge is 0.412 e. The van der Waals surface area contributed by atoms with Crippen LogP contribution < -0.4 is 0 Å². The van der Waals surface area contributed by atoms with E-state index < -0.39 is 11.8 Å². The molecule has 1 unspecified atom stereocenters. The summed E-state index contributed by atoms with van der Waals surface area (Å²) in [6.07, 6.45) is 3.53. The van der Waals surface area contributed by atoms with E-state index in [2.05, 4.69) is 0 Å². The van der Waals surface area contributed by atoms with Crippen molar-refractivity contribution in [3.8, 4) is 0 Å². The number of hydrogen-bond acceptors (Lipinski definition) is 3. The lowest BCUT2D eigenvalue weighted by molar-refractivity contribution is -0.0282. The maximum Gasteiger partial charge on any atom is 0.412 e. The van der Waals surface area contributed by atoms with E-state index in [-0.39, 0.29) is 12.0 Å². The van der Waals surface area contributed by atoms with Gasteiger partial charge in [-0.3, -0.25) is 4.90 Å². The van der Waals surface area contributed by atoms with Gasteiger partial charge in [-0.1, -0.05) is 12.8 Å². The SMILES string of the molecule is CC(C)(C)OC(=O)N1C[C@@H]2CCCC[C@@H]2C1O.